The second kappa shape index (κ2) is 8.22. The number of aromatic amines is 1. The molecule has 4 rings (SSSR count). The lowest BCUT2D eigenvalue weighted by molar-refractivity contribution is -0.678. The lowest BCUT2D eigenvalue weighted by atomic mass is 10.3. The van der Waals surface area contributed by atoms with Gasteiger partial charge in [-0.15, -0.1) is 0 Å². The Balaban J connectivity index is 1.52. The SMILES string of the molecule is COc1ccc(-[n+]2[nH]oc(=O)c2CN(C(=O)COc2ccccc2)C2CC2)cc1. The van der Waals surface area contributed by atoms with E-state index in [9.17, 15) is 9.59 Å². The minimum Gasteiger partial charge on any atom is -0.497 e. The topological polar surface area (TPSA) is 88.7 Å². The van der Waals surface area contributed by atoms with Crippen LogP contribution in [-0.2, 0) is 11.3 Å². The van der Waals surface area contributed by atoms with E-state index in [4.69, 9.17) is 14.0 Å². The molecule has 1 heterocycles. The van der Waals surface area contributed by atoms with Crippen molar-refractivity contribution in [1.82, 2.24) is 10.2 Å². The summed E-state index contributed by atoms with van der Waals surface area (Å²) in [7, 11) is 1.59. The third kappa shape index (κ3) is 4.31. The molecule has 0 saturated heterocycles. The first-order chi connectivity index (χ1) is 14.2. The lowest BCUT2D eigenvalue weighted by Crippen LogP contribution is -2.45. The normalized spacial score (nSPS) is 13.1. The van der Waals surface area contributed by atoms with Gasteiger partial charge in [0.25, 0.3) is 5.91 Å². The summed E-state index contributed by atoms with van der Waals surface area (Å²) in [5.41, 5.74) is 0.536. The molecular weight excluding hydrogens is 374 g/mol. The van der Waals surface area contributed by atoms with Crippen LogP contribution in [0, 0.1) is 0 Å². The van der Waals surface area contributed by atoms with E-state index >= 15 is 0 Å². The van der Waals surface area contributed by atoms with E-state index in [2.05, 4.69) is 5.27 Å². The number of methoxy groups -OCH3 is 1. The van der Waals surface area contributed by atoms with Crippen LogP contribution in [-0.4, -0.2) is 35.8 Å². The van der Waals surface area contributed by atoms with Crippen molar-refractivity contribution in [1.29, 1.82) is 0 Å². The first-order valence-corrected chi connectivity index (χ1v) is 9.40. The summed E-state index contributed by atoms with van der Waals surface area (Å²) < 4.78 is 17.3. The summed E-state index contributed by atoms with van der Waals surface area (Å²) >= 11 is 0. The van der Waals surface area contributed by atoms with Crippen LogP contribution >= 0.6 is 0 Å². The summed E-state index contributed by atoms with van der Waals surface area (Å²) in [4.78, 5) is 26.8. The number of nitrogens with one attached hydrogen (secondary N) is 1. The molecule has 0 unspecified atom stereocenters. The fourth-order valence-electron chi connectivity index (χ4n) is 3.08. The Bertz CT molecular complexity index is 1020. The Kier molecular flexibility index (Phi) is 5.33. The summed E-state index contributed by atoms with van der Waals surface area (Å²) in [6, 6.07) is 16.5. The molecule has 0 aliphatic heterocycles. The number of carbonyl (C=O) groups is 1. The van der Waals surface area contributed by atoms with Gasteiger partial charge in [-0.3, -0.25) is 9.32 Å². The van der Waals surface area contributed by atoms with Gasteiger partial charge < -0.3 is 14.4 Å². The highest BCUT2D eigenvalue weighted by Crippen LogP contribution is 2.28. The van der Waals surface area contributed by atoms with E-state index in [1.807, 2.05) is 18.2 Å². The molecule has 1 N–H and O–H groups in total. The number of amides is 1. The molecule has 8 heteroatoms. The second-order valence-corrected chi connectivity index (χ2v) is 6.82. The monoisotopic (exact) mass is 396 g/mol. The van der Waals surface area contributed by atoms with E-state index in [-0.39, 0.29) is 25.1 Å². The van der Waals surface area contributed by atoms with Crippen LogP contribution in [0.25, 0.3) is 5.69 Å². The fraction of sp³-hybridized carbons (Fsp3) is 0.286. The molecule has 0 bridgehead atoms. The maximum Gasteiger partial charge on any atom is 0.432 e. The molecule has 8 nitrogen and oxygen atoms in total. The number of benzene rings is 2. The molecule has 1 fully saturated rings. The molecule has 1 amide bonds. The number of para-hydroxylation sites is 1. The summed E-state index contributed by atoms with van der Waals surface area (Å²) in [6.45, 7) is 0.0539. The maximum atomic E-state index is 12.8. The quantitative estimate of drug-likeness (QED) is 0.587. The van der Waals surface area contributed by atoms with Crippen molar-refractivity contribution < 1.29 is 23.5 Å². The maximum absolute atomic E-state index is 12.8. The van der Waals surface area contributed by atoms with Gasteiger partial charge in [-0.25, -0.2) is 4.79 Å². The molecule has 1 saturated carbocycles. The highest BCUT2D eigenvalue weighted by atomic mass is 16.5. The number of hydrogen-bond donors (Lipinski definition) is 1. The van der Waals surface area contributed by atoms with E-state index in [1.54, 1.807) is 53.1 Å². The number of H-pyrrole nitrogens is 1. The number of ether oxygens (including phenoxy) is 2. The molecule has 1 aliphatic carbocycles. The average Bonchev–Trinajstić information content (AvgIpc) is 3.54. The number of hydrogen-bond acceptors (Lipinski definition) is 5. The van der Waals surface area contributed by atoms with Gasteiger partial charge in [0.15, 0.2) is 6.61 Å². The number of carbonyl (C=O) groups excluding carboxylic acids is 1. The molecule has 0 radical (unpaired) electrons. The zero-order chi connectivity index (χ0) is 20.2. The van der Waals surface area contributed by atoms with Gasteiger partial charge in [0.1, 0.15) is 18.0 Å². The van der Waals surface area contributed by atoms with Gasteiger partial charge in [-0.1, -0.05) is 18.2 Å². The summed E-state index contributed by atoms with van der Waals surface area (Å²) in [5, 5.41) is 2.61. The van der Waals surface area contributed by atoms with Crippen LogP contribution in [0.2, 0.25) is 0 Å². The van der Waals surface area contributed by atoms with Crippen LogP contribution in [0.5, 0.6) is 11.5 Å². The number of rotatable bonds is 8. The van der Waals surface area contributed by atoms with Crippen LogP contribution in [0.3, 0.4) is 0 Å². The Labute approximate surface area is 167 Å². The average molecular weight is 396 g/mol. The van der Waals surface area contributed by atoms with E-state index in [1.165, 1.54) is 0 Å². The van der Waals surface area contributed by atoms with Gasteiger partial charge in [0.05, 0.1) is 7.11 Å². The van der Waals surface area contributed by atoms with Gasteiger partial charge in [-0.2, -0.15) is 0 Å². The second-order valence-electron chi connectivity index (χ2n) is 6.82. The van der Waals surface area contributed by atoms with Crippen molar-refractivity contribution in [2.24, 2.45) is 0 Å². The minimum absolute atomic E-state index is 0.0845. The number of aromatic nitrogens is 2. The van der Waals surface area contributed by atoms with Crippen LogP contribution in [0.15, 0.2) is 63.9 Å². The molecule has 0 spiro atoms. The predicted molar refractivity (Wildman–Crippen MR) is 103 cm³/mol. The molecule has 2 aromatic carbocycles. The van der Waals surface area contributed by atoms with Gasteiger partial charge in [-0.05, 0) is 47.1 Å². The van der Waals surface area contributed by atoms with Crippen molar-refractivity contribution >= 4 is 5.91 Å². The molecule has 3 aromatic rings. The Morgan fingerprint density at radius 2 is 1.86 bits per heavy atom. The van der Waals surface area contributed by atoms with Crippen molar-refractivity contribution in [3.05, 3.63) is 70.7 Å². The molecule has 1 aromatic heterocycles. The van der Waals surface area contributed by atoms with Crippen molar-refractivity contribution in [3.63, 3.8) is 0 Å². The molecule has 29 heavy (non-hydrogen) atoms. The zero-order valence-electron chi connectivity index (χ0n) is 16.0. The van der Waals surface area contributed by atoms with Gasteiger partial charge >= 0.3 is 11.3 Å². The third-order valence-corrected chi connectivity index (χ3v) is 4.80. The summed E-state index contributed by atoms with van der Waals surface area (Å²) in [5.74, 6) is 1.17. The highest BCUT2D eigenvalue weighted by Gasteiger charge is 2.37. The van der Waals surface area contributed by atoms with Gasteiger partial charge in [0, 0.05) is 18.2 Å². The standard InChI is InChI=1S/C21H21N3O5/c1-27-17-11-9-16(10-12-17)24-19(21(26)29-22-24)13-23(15-7-8-15)20(25)14-28-18-5-3-2-4-6-18/h2-6,9-12,15H,7-8,13-14H2,1H3/p+1. The molecule has 1 aliphatic rings. The zero-order valence-corrected chi connectivity index (χ0v) is 16.0. The van der Waals surface area contributed by atoms with Crippen LogP contribution in [0.1, 0.15) is 18.5 Å². The number of nitrogens with zero attached hydrogens (tertiary/aromatic N) is 2. The first kappa shape index (κ1) is 18.8. The Morgan fingerprint density at radius 1 is 1.14 bits per heavy atom. The summed E-state index contributed by atoms with van der Waals surface area (Å²) in [6.07, 6.45) is 1.82. The van der Waals surface area contributed by atoms with E-state index in [0.29, 0.717) is 22.9 Å². The minimum atomic E-state index is -0.511. The fourth-order valence-corrected chi connectivity index (χ4v) is 3.08. The van der Waals surface area contributed by atoms with Crippen molar-refractivity contribution in [2.75, 3.05) is 13.7 Å². The molecule has 150 valence electrons. The van der Waals surface area contributed by atoms with Crippen LogP contribution in [0.4, 0.5) is 0 Å². The molecular formula is C21H22N3O5+. The van der Waals surface area contributed by atoms with E-state index in [0.717, 1.165) is 12.8 Å². The third-order valence-electron chi connectivity index (χ3n) is 4.80. The van der Waals surface area contributed by atoms with Crippen LogP contribution < -0.4 is 19.8 Å². The molecule has 0 atom stereocenters. The first-order valence-electron chi connectivity index (χ1n) is 9.40. The Hall–Kier alpha value is -3.55. The van der Waals surface area contributed by atoms with Crippen molar-refractivity contribution in [3.8, 4) is 17.2 Å². The van der Waals surface area contributed by atoms with E-state index < -0.39 is 5.63 Å². The Morgan fingerprint density at radius 3 is 2.52 bits per heavy atom. The predicted octanol–water partition coefficient (Wildman–Crippen LogP) is 1.82. The lowest BCUT2D eigenvalue weighted by Gasteiger charge is -2.20. The largest absolute Gasteiger partial charge is 0.497 e. The highest BCUT2D eigenvalue weighted by molar-refractivity contribution is 5.78. The van der Waals surface area contributed by atoms with Gasteiger partial charge in [0.2, 0.25) is 5.69 Å². The van der Waals surface area contributed by atoms with Crippen molar-refractivity contribution in [2.45, 2.75) is 25.4 Å². The smallest absolute Gasteiger partial charge is 0.432 e.